The number of nitrogens with zero attached hydrogens (tertiary/aromatic N) is 2. The Bertz CT molecular complexity index is 592. The third-order valence-electron chi connectivity index (χ3n) is 5.09. The molecule has 4 heteroatoms. The van der Waals surface area contributed by atoms with Crippen molar-refractivity contribution in [2.75, 3.05) is 0 Å². The van der Waals surface area contributed by atoms with E-state index in [0.717, 1.165) is 50.6 Å². The Hall–Kier alpha value is -1.32. The highest BCUT2D eigenvalue weighted by atomic mass is 16.2. The number of hydrogen-bond acceptors (Lipinski definition) is 2. The van der Waals surface area contributed by atoms with Gasteiger partial charge in [-0.3, -0.25) is 9.36 Å². The molecule has 0 unspecified atom stereocenters. The maximum atomic E-state index is 12.7. The summed E-state index contributed by atoms with van der Waals surface area (Å²) in [7, 11) is 0. The first-order valence-corrected chi connectivity index (χ1v) is 8.61. The zero-order valence-corrected chi connectivity index (χ0v) is 12.9. The first kappa shape index (κ1) is 14.6. The van der Waals surface area contributed by atoms with Gasteiger partial charge in [0.1, 0.15) is 0 Å². The second-order valence-corrected chi connectivity index (χ2v) is 6.62. The Morgan fingerprint density at radius 2 is 1.43 bits per heavy atom. The van der Waals surface area contributed by atoms with Crippen molar-refractivity contribution in [3.63, 3.8) is 0 Å². The van der Waals surface area contributed by atoms with Crippen LogP contribution in [-0.4, -0.2) is 9.13 Å². The smallest absolute Gasteiger partial charge is 0.300 e. The molecule has 0 N–H and O–H groups in total. The van der Waals surface area contributed by atoms with Crippen LogP contribution in [0.25, 0.3) is 0 Å². The zero-order valence-electron chi connectivity index (χ0n) is 12.9. The van der Waals surface area contributed by atoms with E-state index < -0.39 is 0 Å². The molecular weight excluding hydrogens is 264 g/mol. The molecule has 0 atom stereocenters. The molecule has 1 aliphatic carbocycles. The standard InChI is InChI=1S/C17H26N2O2/c20-16-15(14-9-5-1-2-6-10-14)13-18-11-7-3-4-8-12-19(16)17(18)21/h13-14H,1-12H2. The van der Waals surface area contributed by atoms with Crippen LogP contribution in [0.1, 0.15) is 75.7 Å². The van der Waals surface area contributed by atoms with E-state index in [0.29, 0.717) is 12.5 Å². The molecule has 2 aliphatic rings. The molecule has 0 spiro atoms. The minimum absolute atomic E-state index is 0.00921. The predicted molar refractivity (Wildman–Crippen MR) is 83.9 cm³/mol. The number of aryl methyl sites for hydroxylation is 1. The second-order valence-electron chi connectivity index (χ2n) is 6.62. The average Bonchev–Trinajstić information content (AvgIpc) is 2.73. The minimum atomic E-state index is -0.0979. The van der Waals surface area contributed by atoms with Gasteiger partial charge in [-0.25, -0.2) is 4.79 Å². The Morgan fingerprint density at radius 3 is 2.14 bits per heavy atom. The van der Waals surface area contributed by atoms with E-state index in [1.807, 2.05) is 6.20 Å². The molecule has 0 saturated heterocycles. The van der Waals surface area contributed by atoms with Crippen LogP contribution >= 0.6 is 0 Å². The molecule has 0 radical (unpaired) electrons. The molecule has 0 amide bonds. The maximum absolute atomic E-state index is 12.7. The molecule has 1 aromatic heterocycles. The van der Waals surface area contributed by atoms with Crippen LogP contribution in [0.15, 0.2) is 15.8 Å². The summed E-state index contributed by atoms with van der Waals surface area (Å²) < 4.78 is 3.30. The van der Waals surface area contributed by atoms with Gasteiger partial charge < -0.3 is 4.57 Å². The van der Waals surface area contributed by atoms with E-state index in [1.165, 1.54) is 30.3 Å². The molecule has 2 heterocycles. The summed E-state index contributed by atoms with van der Waals surface area (Å²) >= 11 is 0. The highest BCUT2D eigenvalue weighted by Crippen LogP contribution is 2.29. The summed E-state index contributed by atoms with van der Waals surface area (Å²) in [4.78, 5) is 25.2. The van der Waals surface area contributed by atoms with Crippen molar-refractivity contribution >= 4 is 0 Å². The highest BCUT2D eigenvalue weighted by Gasteiger charge is 2.21. The minimum Gasteiger partial charge on any atom is -0.300 e. The lowest BCUT2D eigenvalue weighted by atomic mass is 9.93. The van der Waals surface area contributed by atoms with Crippen molar-refractivity contribution in [1.29, 1.82) is 0 Å². The van der Waals surface area contributed by atoms with Gasteiger partial charge in [-0.15, -0.1) is 0 Å². The van der Waals surface area contributed by atoms with E-state index in [4.69, 9.17) is 0 Å². The molecule has 2 bridgehead atoms. The third kappa shape index (κ3) is 3.14. The van der Waals surface area contributed by atoms with Gasteiger partial charge in [-0.05, 0) is 31.6 Å². The molecule has 0 aromatic carbocycles. The molecule has 1 fully saturated rings. The topological polar surface area (TPSA) is 44.0 Å². The van der Waals surface area contributed by atoms with E-state index in [-0.39, 0.29) is 11.2 Å². The lowest BCUT2D eigenvalue weighted by Crippen LogP contribution is -2.41. The molecule has 1 aliphatic heterocycles. The van der Waals surface area contributed by atoms with E-state index in [1.54, 1.807) is 4.57 Å². The summed E-state index contributed by atoms with van der Waals surface area (Å²) in [5, 5.41) is 0. The van der Waals surface area contributed by atoms with Gasteiger partial charge in [0.25, 0.3) is 5.56 Å². The molecule has 1 saturated carbocycles. The van der Waals surface area contributed by atoms with E-state index in [9.17, 15) is 9.59 Å². The monoisotopic (exact) mass is 290 g/mol. The SMILES string of the molecule is O=c1c(C2CCCCCC2)cn2c(=O)n1CCCCCC2. The number of hydrogen-bond donors (Lipinski definition) is 0. The zero-order chi connectivity index (χ0) is 14.7. The van der Waals surface area contributed by atoms with Crippen LogP contribution in [0, 0.1) is 0 Å². The number of aromatic nitrogens is 2. The summed E-state index contributed by atoms with van der Waals surface area (Å²) in [6.07, 6.45) is 13.3. The van der Waals surface area contributed by atoms with Crippen molar-refractivity contribution in [2.45, 2.75) is 83.2 Å². The lowest BCUT2D eigenvalue weighted by molar-refractivity contribution is 0.517. The Labute approximate surface area is 125 Å². The van der Waals surface area contributed by atoms with Crippen LogP contribution in [0.4, 0.5) is 0 Å². The van der Waals surface area contributed by atoms with Gasteiger partial charge >= 0.3 is 5.69 Å². The fourth-order valence-electron chi connectivity index (χ4n) is 3.81. The summed E-state index contributed by atoms with van der Waals surface area (Å²) in [6, 6.07) is 0. The van der Waals surface area contributed by atoms with Gasteiger partial charge in [-0.1, -0.05) is 38.5 Å². The van der Waals surface area contributed by atoms with Crippen molar-refractivity contribution in [2.24, 2.45) is 0 Å². The van der Waals surface area contributed by atoms with Gasteiger partial charge in [0.2, 0.25) is 0 Å². The Kier molecular flexibility index (Phi) is 4.61. The van der Waals surface area contributed by atoms with E-state index >= 15 is 0 Å². The third-order valence-corrected chi connectivity index (χ3v) is 5.09. The largest absolute Gasteiger partial charge is 0.330 e. The molecular formula is C17H26N2O2. The first-order valence-electron chi connectivity index (χ1n) is 8.61. The summed E-state index contributed by atoms with van der Waals surface area (Å²) in [6.45, 7) is 1.36. The maximum Gasteiger partial charge on any atom is 0.330 e. The number of rotatable bonds is 1. The van der Waals surface area contributed by atoms with Gasteiger partial charge in [0, 0.05) is 24.8 Å². The number of fused-ring (bicyclic) bond motifs is 2. The second kappa shape index (κ2) is 6.63. The molecule has 21 heavy (non-hydrogen) atoms. The van der Waals surface area contributed by atoms with Crippen LogP contribution in [-0.2, 0) is 13.1 Å². The van der Waals surface area contributed by atoms with Crippen LogP contribution in [0.5, 0.6) is 0 Å². The molecule has 3 rings (SSSR count). The quantitative estimate of drug-likeness (QED) is 0.746. The summed E-state index contributed by atoms with van der Waals surface area (Å²) in [5.74, 6) is 0.360. The fourth-order valence-corrected chi connectivity index (χ4v) is 3.81. The van der Waals surface area contributed by atoms with Gasteiger partial charge in [0.05, 0.1) is 0 Å². The van der Waals surface area contributed by atoms with E-state index in [2.05, 4.69) is 0 Å². The van der Waals surface area contributed by atoms with Crippen LogP contribution < -0.4 is 11.2 Å². The average molecular weight is 290 g/mol. The normalized spacial score (nSPS) is 21.1. The van der Waals surface area contributed by atoms with Gasteiger partial charge in [0.15, 0.2) is 0 Å². The van der Waals surface area contributed by atoms with Crippen LogP contribution in [0.2, 0.25) is 0 Å². The van der Waals surface area contributed by atoms with Crippen molar-refractivity contribution in [3.05, 3.63) is 32.6 Å². The Balaban J connectivity index is 2.04. The molecule has 116 valence electrons. The van der Waals surface area contributed by atoms with Crippen molar-refractivity contribution in [1.82, 2.24) is 9.13 Å². The van der Waals surface area contributed by atoms with Gasteiger partial charge in [-0.2, -0.15) is 0 Å². The first-order chi connectivity index (χ1) is 10.3. The Morgan fingerprint density at radius 1 is 0.810 bits per heavy atom. The molecule has 4 nitrogen and oxygen atoms in total. The molecule has 1 aromatic rings. The highest BCUT2D eigenvalue weighted by molar-refractivity contribution is 5.13. The van der Waals surface area contributed by atoms with Crippen molar-refractivity contribution < 1.29 is 0 Å². The fraction of sp³-hybridized carbons (Fsp3) is 0.765. The van der Waals surface area contributed by atoms with Crippen molar-refractivity contribution in [3.8, 4) is 0 Å². The predicted octanol–water partition coefficient (Wildman–Crippen LogP) is 3.02. The summed E-state index contributed by atoms with van der Waals surface area (Å²) in [5.41, 5.74) is 0.794. The van der Waals surface area contributed by atoms with Crippen LogP contribution in [0.3, 0.4) is 0 Å². The lowest BCUT2D eigenvalue weighted by Gasteiger charge is -2.17.